The van der Waals surface area contributed by atoms with E-state index in [0.29, 0.717) is 16.7 Å². The molecule has 2 atom stereocenters. The number of anilines is 1. The fourth-order valence-corrected chi connectivity index (χ4v) is 4.84. The number of imidazole rings is 1. The van der Waals surface area contributed by atoms with E-state index in [9.17, 15) is 0 Å². The van der Waals surface area contributed by atoms with Gasteiger partial charge >= 0.3 is 0 Å². The van der Waals surface area contributed by atoms with E-state index in [0.717, 1.165) is 40.3 Å². The number of hydrogen-bond acceptors (Lipinski definition) is 3. The number of para-hydroxylation sites is 3. The van der Waals surface area contributed by atoms with Crippen molar-refractivity contribution in [1.82, 2.24) is 9.55 Å². The van der Waals surface area contributed by atoms with E-state index in [4.69, 9.17) is 32.9 Å². The van der Waals surface area contributed by atoms with E-state index in [1.807, 2.05) is 49.4 Å². The molecule has 0 saturated heterocycles. The molecule has 0 aliphatic carbocycles. The predicted octanol–water partition coefficient (Wildman–Crippen LogP) is 6.89. The Bertz CT molecular complexity index is 1220. The number of aromatic nitrogens is 2. The second-order valence-electron chi connectivity index (χ2n) is 7.38. The van der Waals surface area contributed by atoms with Crippen molar-refractivity contribution in [2.75, 3.05) is 11.9 Å². The molecular formula is C24H21Cl2N3O. The second-order valence-corrected chi connectivity index (χ2v) is 8.22. The molecule has 1 N–H and O–H groups in total. The Kier molecular flexibility index (Phi) is 5.05. The molecule has 2 heterocycles. The van der Waals surface area contributed by atoms with Crippen LogP contribution in [0.2, 0.25) is 10.0 Å². The molecule has 30 heavy (non-hydrogen) atoms. The van der Waals surface area contributed by atoms with Crippen LogP contribution in [0.3, 0.4) is 0 Å². The molecular weight excluding hydrogens is 417 g/mol. The van der Waals surface area contributed by atoms with Crippen LogP contribution in [0.15, 0.2) is 66.7 Å². The highest BCUT2D eigenvalue weighted by molar-refractivity contribution is 6.35. The lowest BCUT2D eigenvalue weighted by Gasteiger charge is -2.34. The maximum Gasteiger partial charge on any atom is 0.204 e. The number of benzene rings is 3. The molecule has 1 aliphatic rings. The van der Waals surface area contributed by atoms with Gasteiger partial charge in [-0.1, -0.05) is 59.6 Å². The topological polar surface area (TPSA) is 39.1 Å². The monoisotopic (exact) mass is 437 g/mol. The molecule has 0 amide bonds. The Balaban J connectivity index is 1.68. The molecule has 6 heteroatoms. The van der Waals surface area contributed by atoms with Crippen LogP contribution in [0.5, 0.6) is 5.75 Å². The molecule has 152 valence electrons. The lowest BCUT2D eigenvalue weighted by atomic mass is 9.92. The first-order valence-electron chi connectivity index (χ1n) is 10.1. The summed E-state index contributed by atoms with van der Waals surface area (Å²) in [4.78, 5) is 4.87. The van der Waals surface area contributed by atoms with Crippen molar-refractivity contribution in [1.29, 1.82) is 0 Å². The third-order valence-corrected chi connectivity index (χ3v) is 6.15. The number of fused-ring (bicyclic) bond motifs is 3. The lowest BCUT2D eigenvalue weighted by molar-refractivity contribution is 0.329. The van der Waals surface area contributed by atoms with Gasteiger partial charge in [0.2, 0.25) is 5.95 Å². The number of nitrogens with one attached hydrogen (secondary N) is 1. The van der Waals surface area contributed by atoms with Gasteiger partial charge in [0, 0.05) is 15.6 Å². The summed E-state index contributed by atoms with van der Waals surface area (Å²) in [6.07, 6.45) is 0.804. The van der Waals surface area contributed by atoms with Crippen molar-refractivity contribution in [3.8, 4) is 5.75 Å². The average molecular weight is 438 g/mol. The zero-order valence-corrected chi connectivity index (χ0v) is 18.0. The quantitative estimate of drug-likeness (QED) is 0.377. The molecule has 0 fully saturated rings. The summed E-state index contributed by atoms with van der Waals surface area (Å²) in [5.74, 6) is 1.73. The van der Waals surface area contributed by atoms with E-state index >= 15 is 0 Å². The van der Waals surface area contributed by atoms with Crippen LogP contribution < -0.4 is 10.1 Å². The molecule has 3 aromatic carbocycles. The Hall–Kier alpha value is -2.69. The van der Waals surface area contributed by atoms with E-state index in [-0.39, 0.29) is 12.1 Å². The smallest absolute Gasteiger partial charge is 0.204 e. The highest BCUT2D eigenvalue weighted by atomic mass is 35.5. The first kappa shape index (κ1) is 19.3. The summed E-state index contributed by atoms with van der Waals surface area (Å²) >= 11 is 12.7. The number of halogens is 2. The van der Waals surface area contributed by atoms with E-state index < -0.39 is 0 Å². The van der Waals surface area contributed by atoms with Crippen LogP contribution in [0.25, 0.3) is 11.0 Å². The van der Waals surface area contributed by atoms with Crippen LogP contribution in [0.4, 0.5) is 5.95 Å². The van der Waals surface area contributed by atoms with Gasteiger partial charge < -0.3 is 14.6 Å². The minimum absolute atomic E-state index is 0.00115. The third-order valence-electron chi connectivity index (χ3n) is 5.59. The van der Waals surface area contributed by atoms with E-state index in [1.54, 1.807) is 6.07 Å². The van der Waals surface area contributed by atoms with Crippen molar-refractivity contribution in [2.24, 2.45) is 0 Å². The van der Waals surface area contributed by atoms with Crippen molar-refractivity contribution < 1.29 is 4.74 Å². The SMILES string of the molecule is CCOc1ccccc1[C@H]1C[C@@H](c2ccc(Cl)cc2Cl)Nc2nc3ccccc3n21. The van der Waals surface area contributed by atoms with Crippen molar-refractivity contribution in [2.45, 2.75) is 25.4 Å². The standard InChI is InChI=1S/C24H21Cl2N3O/c1-2-30-23-10-6-3-7-17(23)22-14-20(16-12-11-15(25)13-18(16)26)28-24-27-19-8-4-5-9-21(19)29(22)24/h3-13,20,22H,2,14H2,1H3,(H,27,28)/t20-,22+/m0/s1. The van der Waals surface area contributed by atoms with Gasteiger partial charge in [-0.25, -0.2) is 4.98 Å². The number of hydrogen-bond donors (Lipinski definition) is 1. The van der Waals surface area contributed by atoms with Gasteiger partial charge in [-0.15, -0.1) is 0 Å². The average Bonchev–Trinajstić information content (AvgIpc) is 3.12. The molecule has 4 nitrogen and oxygen atoms in total. The first-order valence-corrected chi connectivity index (χ1v) is 10.8. The molecule has 0 saturated carbocycles. The van der Waals surface area contributed by atoms with Crippen molar-refractivity contribution >= 4 is 40.2 Å². The fraction of sp³-hybridized carbons (Fsp3) is 0.208. The van der Waals surface area contributed by atoms with Gasteiger partial charge in [-0.3, -0.25) is 0 Å². The lowest BCUT2D eigenvalue weighted by Crippen LogP contribution is -2.27. The second kappa shape index (κ2) is 7.86. The van der Waals surface area contributed by atoms with Crippen LogP contribution in [0, 0.1) is 0 Å². The van der Waals surface area contributed by atoms with E-state index in [1.165, 1.54) is 0 Å². The number of rotatable bonds is 4. The van der Waals surface area contributed by atoms with E-state index in [2.05, 4.69) is 28.1 Å². The molecule has 0 spiro atoms. The van der Waals surface area contributed by atoms with Gasteiger partial charge in [0.15, 0.2) is 0 Å². The fourth-order valence-electron chi connectivity index (χ4n) is 4.30. The molecule has 4 aromatic rings. The Morgan fingerprint density at radius 1 is 1.03 bits per heavy atom. The summed E-state index contributed by atoms with van der Waals surface area (Å²) in [6, 6.07) is 22.2. The van der Waals surface area contributed by atoms with Gasteiger partial charge in [-0.05, 0) is 49.2 Å². The molecule has 0 radical (unpaired) electrons. The number of nitrogens with zero attached hydrogens (tertiary/aromatic N) is 2. The summed E-state index contributed by atoms with van der Waals surface area (Å²) in [5, 5.41) is 4.88. The normalized spacial score (nSPS) is 18.1. The van der Waals surface area contributed by atoms with Crippen LogP contribution in [0.1, 0.15) is 36.6 Å². The number of ether oxygens (including phenoxy) is 1. The highest BCUT2D eigenvalue weighted by Gasteiger charge is 2.33. The minimum atomic E-state index is -0.00115. The van der Waals surface area contributed by atoms with Gasteiger partial charge in [0.1, 0.15) is 5.75 Å². The zero-order chi connectivity index (χ0) is 20.7. The largest absolute Gasteiger partial charge is 0.494 e. The van der Waals surface area contributed by atoms with Crippen molar-refractivity contribution in [3.05, 3.63) is 87.9 Å². The summed E-state index contributed by atoms with van der Waals surface area (Å²) in [5.41, 5.74) is 4.21. The van der Waals surface area contributed by atoms with Crippen LogP contribution in [-0.2, 0) is 0 Å². The van der Waals surface area contributed by atoms with Crippen LogP contribution >= 0.6 is 23.2 Å². The highest BCUT2D eigenvalue weighted by Crippen LogP contribution is 2.44. The third kappa shape index (κ3) is 3.30. The first-order chi connectivity index (χ1) is 14.7. The van der Waals surface area contributed by atoms with Crippen molar-refractivity contribution in [3.63, 3.8) is 0 Å². The molecule has 1 aromatic heterocycles. The Labute approximate surface area is 185 Å². The summed E-state index contributed by atoms with van der Waals surface area (Å²) in [7, 11) is 0. The van der Waals surface area contributed by atoms with Gasteiger partial charge in [0.05, 0.1) is 29.7 Å². The maximum atomic E-state index is 6.57. The molecule has 0 bridgehead atoms. The van der Waals surface area contributed by atoms with Crippen LogP contribution in [-0.4, -0.2) is 16.2 Å². The Morgan fingerprint density at radius 2 is 1.83 bits per heavy atom. The summed E-state index contributed by atoms with van der Waals surface area (Å²) < 4.78 is 8.25. The maximum absolute atomic E-state index is 6.57. The van der Waals surface area contributed by atoms with Gasteiger partial charge in [0.25, 0.3) is 0 Å². The predicted molar refractivity (Wildman–Crippen MR) is 123 cm³/mol. The summed E-state index contributed by atoms with van der Waals surface area (Å²) in [6.45, 7) is 2.62. The minimum Gasteiger partial charge on any atom is -0.494 e. The molecule has 0 unspecified atom stereocenters. The molecule has 1 aliphatic heterocycles. The Morgan fingerprint density at radius 3 is 2.67 bits per heavy atom. The van der Waals surface area contributed by atoms with Gasteiger partial charge in [-0.2, -0.15) is 0 Å². The molecule has 5 rings (SSSR count). The zero-order valence-electron chi connectivity index (χ0n) is 16.5.